The molecule has 7 heteroatoms. The highest BCUT2D eigenvalue weighted by atomic mass is 16.5. The molecule has 0 saturated carbocycles. The van der Waals surface area contributed by atoms with E-state index in [1.54, 1.807) is 18.2 Å². The lowest BCUT2D eigenvalue weighted by Crippen LogP contribution is -2.50. The first-order valence-electron chi connectivity index (χ1n) is 11.8. The van der Waals surface area contributed by atoms with Gasteiger partial charge in [-0.1, -0.05) is 6.07 Å². The van der Waals surface area contributed by atoms with Crippen molar-refractivity contribution < 1.29 is 13.9 Å². The van der Waals surface area contributed by atoms with Crippen molar-refractivity contribution in [2.45, 2.75) is 44.6 Å². The lowest BCUT2D eigenvalue weighted by molar-refractivity contribution is -0.136. The lowest BCUT2D eigenvalue weighted by Gasteiger charge is -2.42. The highest BCUT2D eigenvalue weighted by Crippen LogP contribution is 2.35. The number of hydrogen-bond donors (Lipinski definition) is 0. The standard InChI is InChI=1S/C26H26N2O5/c29-24-7-3-6-22-17-10-16(13-28(22)24)12-27(14-17)25(30)15-32-18-8-9-20-19-4-1-2-5-21(19)26(31)33-23(20)11-18/h3,6-9,11,16-17H,1-2,4-5,10,12-15H2/t16-,17-/m0/s1. The number of carbonyl (C=O) groups excluding carboxylic acids is 1. The second-order valence-electron chi connectivity index (χ2n) is 9.50. The van der Waals surface area contributed by atoms with Crippen LogP contribution in [0.1, 0.15) is 42.0 Å². The van der Waals surface area contributed by atoms with Crippen LogP contribution in [0.3, 0.4) is 0 Å². The molecule has 0 radical (unpaired) electrons. The molecular formula is C26H26N2O5. The molecule has 3 aromatic rings. The van der Waals surface area contributed by atoms with Gasteiger partial charge in [0.25, 0.3) is 11.5 Å². The predicted molar refractivity (Wildman–Crippen MR) is 123 cm³/mol. The van der Waals surface area contributed by atoms with Crippen molar-refractivity contribution in [3.8, 4) is 5.75 Å². The van der Waals surface area contributed by atoms with Crippen molar-refractivity contribution in [2.75, 3.05) is 19.7 Å². The summed E-state index contributed by atoms with van der Waals surface area (Å²) in [5.41, 5.74) is 3.20. The fraction of sp³-hybridized carbons (Fsp3) is 0.423. The fourth-order valence-electron chi connectivity index (χ4n) is 5.85. The number of ether oxygens (including phenoxy) is 1. The molecule has 4 heterocycles. The van der Waals surface area contributed by atoms with Crippen LogP contribution in [0.5, 0.6) is 5.75 Å². The Kier molecular flexibility index (Phi) is 4.85. The zero-order valence-corrected chi connectivity index (χ0v) is 18.4. The smallest absolute Gasteiger partial charge is 0.339 e. The van der Waals surface area contributed by atoms with Gasteiger partial charge in [-0.2, -0.15) is 0 Å². The first-order valence-corrected chi connectivity index (χ1v) is 11.8. The average Bonchev–Trinajstić information content (AvgIpc) is 2.83. The number of carbonyl (C=O) groups is 1. The zero-order valence-electron chi connectivity index (χ0n) is 18.4. The molecule has 1 aliphatic carbocycles. The highest BCUT2D eigenvalue weighted by molar-refractivity contribution is 5.83. The molecule has 1 amide bonds. The topological polar surface area (TPSA) is 81.8 Å². The Labute approximate surface area is 190 Å². The van der Waals surface area contributed by atoms with Crippen LogP contribution in [0.25, 0.3) is 11.0 Å². The number of piperidine rings is 1. The van der Waals surface area contributed by atoms with E-state index in [1.165, 1.54) is 0 Å². The monoisotopic (exact) mass is 446 g/mol. The van der Waals surface area contributed by atoms with Crippen LogP contribution in [0.4, 0.5) is 0 Å². The van der Waals surface area contributed by atoms with Crippen molar-refractivity contribution >= 4 is 16.9 Å². The molecule has 7 nitrogen and oxygen atoms in total. The molecule has 2 aliphatic heterocycles. The van der Waals surface area contributed by atoms with Gasteiger partial charge in [0.1, 0.15) is 11.3 Å². The molecule has 0 N–H and O–H groups in total. The maximum atomic E-state index is 12.9. The first kappa shape index (κ1) is 20.3. The predicted octanol–water partition coefficient (Wildman–Crippen LogP) is 2.86. The Balaban J connectivity index is 1.17. The van der Waals surface area contributed by atoms with Gasteiger partial charge in [-0.3, -0.25) is 9.59 Å². The number of fused-ring (bicyclic) bond motifs is 7. The van der Waals surface area contributed by atoms with Crippen molar-refractivity contribution in [1.82, 2.24) is 9.47 Å². The third-order valence-electron chi connectivity index (χ3n) is 7.39. The summed E-state index contributed by atoms with van der Waals surface area (Å²) in [6.45, 7) is 1.82. The molecule has 2 bridgehead atoms. The maximum Gasteiger partial charge on any atom is 0.339 e. The number of pyridine rings is 1. The van der Waals surface area contributed by atoms with Crippen molar-refractivity contribution in [3.05, 3.63) is 74.0 Å². The van der Waals surface area contributed by atoms with Gasteiger partial charge in [-0.15, -0.1) is 0 Å². The van der Waals surface area contributed by atoms with Crippen LogP contribution in [0, 0.1) is 5.92 Å². The van der Waals surface area contributed by atoms with E-state index in [2.05, 4.69) is 0 Å². The molecule has 3 aliphatic rings. The normalized spacial score (nSPS) is 21.4. The summed E-state index contributed by atoms with van der Waals surface area (Å²) in [7, 11) is 0. The van der Waals surface area contributed by atoms with Gasteiger partial charge in [-0.05, 0) is 61.8 Å². The number of amides is 1. The molecule has 33 heavy (non-hydrogen) atoms. The number of nitrogens with zero attached hydrogens (tertiary/aromatic N) is 2. The zero-order chi connectivity index (χ0) is 22.5. The Morgan fingerprint density at radius 2 is 1.88 bits per heavy atom. The number of aromatic nitrogens is 1. The number of likely N-dealkylation sites (tertiary alicyclic amines) is 1. The Morgan fingerprint density at radius 1 is 1.03 bits per heavy atom. The van der Waals surface area contributed by atoms with Crippen molar-refractivity contribution in [2.24, 2.45) is 5.92 Å². The fourth-order valence-corrected chi connectivity index (χ4v) is 5.85. The minimum absolute atomic E-state index is 0.0366. The van der Waals surface area contributed by atoms with Crippen LogP contribution in [0.2, 0.25) is 0 Å². The Morgan fingerprint density at radius 3 is 2.76 bits per heavy atom. The van der Waals surface area contributed by atoms with E-state index in [0.29, 0.717) is 31.0 Å². The summed E-state index contributed by atoms with van der Waals surface area (Å²) >= 11 is 0. The van der Waals surface area contributed by atoms with Gasteiger partial charge < -0.3 is 18.6 Å². The van der Waals surface area contributed by atoms with Crippen molar-refractivity contribution in [3.63, 3.8) is 0 Å². The van der Waals surface area contributed by atoms with Gasteiger partial charge in [0.2, 0.25) is 0 Å². The number of benzene rings is 1. The highest BCUT2D eigenvalue weighted by Gasteiger charge is 2.36. The molecule has 1 fully saturated rings. The molecule has 2 atom stereocenters. The first-order chi connectivity index (χ1) is 16.1. The van der Waals surface area contributed by atoms with E-state index < -0.39 is 0 Å². The summed E-state index contributed by atoms with van der Waals surface area (Å²) in [6.07, 6.45) is 4.77. The van der Waals surface area contributed by atoms with Gasteiger partial charge in [-0.25, -0.2) is 4.79 Å². The molecule has 6 rings (SSSR count). The third-order valence-corrected chi connectivity index (χ3v) is 7.39. The average molecular weight is 447 g/mol. The van der Waals surface area contributed by atoms with Crippen LogP contribution >= 0.6 is 0 Å². The maximum absolute atomic E-state index is 12.9. The lowest BCUT2D eigenvalue weighted by atomic mass is 9.83. The van der Waals surface area contributed by atoms with E-state index in [-0.39, 0.29) is 35.5 Å². The SMILES string of the molecule is O=C(COc1ccc2c3c(c(=O)oc2c1)CCCC3)N1C[C@@H]2C[C@@H](C1)c1cccc(=O)n1C2. The second kappa shape index (κ2) is 7.90. The summed E-state index contributed by atoms with van der Waals surface area (Å²) in [5, 5.41) is 0.959. The number of rotatable bonds is 3. The molecule has 1 aromatic carbocycles. The quantitative estimate of drug-likeness (QED) is 0.578. The molecule has 2 aromatic heterocycles. The summed E-state index contributed by atoms with van der Waals surface area (Å²) in [5.74, 6) is 0.908. The van der Waals surface area contributed by atoms with E-state index in [0.717, 1.165) is 54.3 Å². The Hall–Kier alpha value is -3.35. The van der Waals surface area contributed by atoms with E-state index >= 15 is 0 Å². The molecule has 0 spiro atoms. The summed E-state index contributed by atoms with van der Waals surface area (Å²) in [6, 6.07) is 10.9. The summed E-state index contributed by atoms with van der Waals surface area (Å²) in [4.78, 5) is 39.4. The van der Waals surface area contributed by atoms with E-state index in [4.69, 9.17) is 9.15 Å². The molecular weight excluding hydrogens is 420 g/mol. The number of aryl methyl sites for hydroxylation is 1. The Bertz CT molecular complexity index is 1370. The van der Waals surface area contributed by atoms with Crippen LogP contribution in [-0.2, 0) is 24.2 Å². The van der Waals surface area contributed by atoms with Gasteiger partial charge in [0.15, 0.2) is 6.61 Å². The minimum atomic E-state index is -0.260. The van der Waals surface area contributed by atoms with Crippen LogP contribution in [-0.4, -0.2) is 35.1 Å². The van der Waals surface area contributed by atoms with Crippen LogP contribution < -0.4 is 15.9 Å². The largest absolute Gasteiger partial charge is 0.484 e. The van der Waals surface area contributed by atoms with Crippen molar-refractivity contribution in [1.29, 1.82) is 0 Å². The molecule has 0 unspecified atom stereocenters. The minimum Gasteiger partial charge on any atom is -0.484 e. The third kappa shape index (κ3) is 3.56. The molecule has 1 saturated heterocycles. The van der Waals surface area contributed by atoms with E-state index in [9.17, 15) is 14.4 Å². The van der Waals surface area contributed by atoms with E-state index in [1.807, 2.05) is 27.7 Å². The molecule has 170 valence electrons. The van der Waals surface area contributed by atoms with Gasteiger partial charge in [0, 0.05) is 54.3 Å². The summed E-state index contributed by atoms with van der Waals surface area (Å²) < 4.78 is 13.2. The van der Waals surface area contributed by atoms with Crippen LogP contribution in [0.15, 0.2) is 50.4 Å². The van der Waals surface area contributed by atoms with Gasteiger partial charge >= 0.3 is 5.63 Å². The number of hydrogen-bond acceptors (Lipinski definition) is 5. The van der Waals surface area contributed by atoms with Gasteiger partial charge in [0.05, 0.1) is 0 Å². The second-order valence-corrected chi connectivity index (χ2v) is 9.50.